The topological polar surface area (TPSA) is 86.7 Å². The smallest absolute Gasteiger partial charge is 0.372 e. The largest absolute Gasteiger partial charge is 0.475 e. The molecule has 0 aromatic carbocycles. The van der Waals surface area contributed by atoms with E-state index in [1.165, 1.54) is 0 Å². The maximum absolute atomic E-state index is 10.9. The maximum atomic E-state index is 10.9. The Morgan fingerprint density at radius 2 is 2.32 bits per heavy atom. The van der Waals surface area contributed by atoms with E-state index in [4.69, 9.17) is 19.5 Å². The molecule has 1 heterocycles. The fraction of sp³-hybridized carbons (Fsp3) is 0.538. The molecule has 0 aliphatic rings. The van der Waals surface area contributed by atoms with Crippen molar-refractivity contribution in [3.63, 3.8) is 0 Å². The molecule has 0 saturated carbocycles. The van der Waals surface area contributed by atoms with Crippen molar-refractivity contribution in [2.24, 2.45) is 0 Å². The van der Waals surface area contributed by atoms with Crippen LogP contribution >= 0.6 is 0 Å². The van der Waals surface area contributed by atoms with Crippen LogP contribution in [-0.4, -0.2) is 42.8 Å². The molecule has 0 spiro atoms. The zero-order chi connectivity index (χ0) is 14.3. The van der Waals surface area contributed by atoms with Gasteiger partial charge in [-0.3, -0.25) is 4.90 Å². The minimum absolute atomic E-state index is 0.0259. The van der Waals surface area contributed by atoms with E-state index >= 15 is 0 Å². The molecule has 0 radical (unpaired) electrons. The van der Waals surface area contributed by atoms with E-state index in [2.05, 4.69) is 6.07 Å². The quantitative estimate of drug-likeness (QED) is 0.769. The third-order valence-corrected chi connectivity index (χ3v) is 2.69. The van der Waals surface area contributed by atoms with Crippen molar-refractivity contribution in [3.05, 3.63) is 23.2 Å². The molecule has 1 aromatic heterocycles. The molecule has 6 heteroatoms. The van der Waals surface area contributed by atoms with E-state index in [9.17, 15) is 4.79 Å². The Morgan fingerprint density at radius 1 is 1.58 bits per heavy atom. The van der Waals surface area contributed by atoms with Gasteiger partial charge in [0, 0.05) is 32.2 Å². The van der Waals surface area contributed by atoms with E-state index in [0.717, 1.165) is 0 Å². The second kappa shape index (κ2) is 7.56. The average Bonchev–Trinajstić information content (AvgIpc) is 2.73. The lowest BCUT2D eigenvalue weighted by molar-refractivity contribution is 0.0656. The number of aromatic carboxylic acids is 1. The van der Waals surface area contributed by atoms with Gasteiger partial charge in [0.25, 0.3) is 0 Å². The van der Waals surface area contributed by atoms with Gasteiger partial charge in [-0.15, -0.1) is 0 Å². The number of nitrogens with zero attached hydrogens (tertiary/aromatic N) is 2. The first-order chi connectivity index (χ1) is 9.08. The van der Waals surface area contributed by atoms with Crippen LogP contribution in [0, 0.1) is 18.3 Å². The minimum Gasteiger partial charge on any atom is -0.475 e. The number of methoxy groups -OCH3 is 1. The number of hydrogen-bond donors (Lipinski definition) is 1. The van der Waals surface area contributed by atoms with Crippen molar-refractivity contribution in [3.8, 4) is 6.07 Å². The van der Waals surface area contributed by atoms with E-state index in [-0.39, 0.29) is 5.76 Å². The molecule has 0 aliphatic heterocycles. The highest BCUT2D eigenvalue weighted by molar-refractivity contribution is 5.86. The second-order valence-electron chi connectivity index (χ2n) is 4.21. The fourth-order valence-corrected chi connectivity index (χ4v) is 1.76. The summed E-state index contributed by atoms with van der Waals surface area (Å²) in [7, 11) is 1.61. The molecule has 104 valence electrons. The van der Waals surface area contributed by atoms with Gasteiger partial charge >= 0.3 is 5.97 Å². The summed E-state index contributed by atoms with van der Waals surface area (Å²) in [5.41, 5.74) is 0.606. The predicted molar refractivity (Wildman–Crippen MR) is 67.8 cm³/mol. The van der Waals surface area contributed by atoms with Gasteiger partial charge in [0.2, 0.25) is 5.76 Å². The maximum Gasteiger partial charge on any atom is 0.372 e. The van der Waals surface area contributed by atoms with Gasteiger partial charge in [-0.1, -0.05) is 0 Å². The number of aryl methyl sites for hydroxylation is 1. The molecular formula is C13H18N2O4. The predicted octanol–water partition coefficient (Wildman–Crippen LogP) is 1.65. The summed E-state index contributed by atoms with van der Waals surface area (Å²) in [4.78, 5) is 12.9. The molecule has 0 aliphatic carbocycles. The van der Waals surface area contributed by atoms with Crippen molar-refractivity contribution >= 4 is 5.97 Å². The van der Waals surface area contributed by atoms with Crippen molar-refractivity contribution < 1.29 is 19.1 Å². The fourth-order valence-electron chi connectivity index (χ4n) is 1.76. The molecular weight excluding hydrogens is 248 g/mol. The third-order valence-electron chi connectivity index (χ3n) is 2.69. The van der Waals surface area contributed by atoms with Crippen LogP contribution < -0.4 is 0 Å². The molecule has 0 unspecified atom stereocenters. The Morgan fingerprint density at radius 3 is 2.84 bits per heavy atom. The number of carboxylic acid groups (broad SMARTS) is 1. The highest BCUT2D eigenvalue weighted by atomic mass is 16.5. The molecule has 6 nitrogen and oxygen atoms in total. The summed E-state index contributed by atoms with van der Waals surface area (Å²) in [6.45, 7) is 3.99. The van der Waals surface area contributed by atoms with Gasteiger partial charge in [0.15, 0.2) is 0 Å². The molecule has 0 atom stereocenters. The first kappa shape index (κ1) is 15.2. The normalized spacial score (nSPS) is 10.6. The highest BCUT2D eigenvalue weighted by Gasteiger charge is 2.16. The summed E-state index contributed by atoms with van der Waals surface area (Å²) >= 11 is 0. The number of carboxylic acids is 1. The Bertz CT molecular complexity index is 462. The monoisotopic (exact) mass is 266 g/mol. The number of nitriles is 1. The van der Waals surface area contributed by atoms with Crippen LogP contribution in [0.15, 0.2) is 10.5 Å². The van der Waals surface area contributed by atoms with Gasteiger partial charge in [0.1, 0.15) is 5.76 Å². The van der Waals surface area contributed by atoms with Crippen LogP contribution in [0.2, 0.25) is 0 Å². The van der Waals surface area contributed by atoms with Crippen LogP contribution in [-0.2, 0) is 11.3 Å². The summed E-state index contributed by atoms with van der Waals surface area (Å²) in [5, 5.41) is 17.5. The third kappa shape index (κ3) is 4.73. The summed E-state index contributed by atoms with van der Waals surface area (Å²) in [5.74, 6) is -0.505. The lowest BCUT2D eigenvalue weighted by Crippen LogP contribution is -2.27. The summed E-state index contributed by atoms with van der Waals surface area (Å²) in [6.07, 6.45) is 0.412. The van der Waals surface area contributed by atoms with E-state index in [1.54, 1.807) is 20.1 Å². The first-order valence-electron chi connectivity index (χ1n) is 5.99. The van der Waals surface area contributed by atoms with Crippen molar-refractivity contribution in [1.29, 1.82) is 5.26 Å². The Labute approximate surface area is 112 Å². The van der Waals surface area contributed by atoms with Crippen LogP contribution in [0.5, 0.6) is 0 Å². The number of rotatable bonds is 8. The second-order valence-corrected chi connectivity index (χ2v) is 4.21. The molecule has 0 fully saturated rings. The SMILES string of the molecule is COCCN(CCC#N)Cc1cc(C)c(C(=O)O)o1. The average molecular weight is 266 g/mol. The van der Waals surface area contributed by atoms with E-state index in [0.29, 0.717) is 44.0 Å². The molecule has 19 heavy (non-hydrogen) atoms. The molecule has 1 N–H and O–H groups in total. The van der Waals surface area contributed by atoms with Crippen molar-refractivity contribution in [2.75, 3.05) is 26.8 Å². The van der Waals surface area contributed by atoms with E-state index < -0.39 is 5.97 Å². The zero-order valence-electron chi connectivity index (χ0n) is 11.2. The Kier molecular flexibility index (Phi) is 6.06. The molecule has 1 rings (SSSR count). The summed E-state index contributed by atoms with van der Waals surface area (Å²) < 4.78 is 10.3. The van der Waals surface area contributed by atoms with Gasteiger partial charge in [-0.05, 0) is 13.0 Å². The van der Waals surface area contributed by atoms with Crippen molar-refractivity contribution in [1.82, 2.24) is 4.90 Å². The standard InChI is InChI=1S/C13H18N2O4/c1-10-8-11(19-12(10)13(16)17)9-15(5-3-4-14)6-7-18-2/h8H,3,5-7,9H2,1-2H3,(H,16,17). The van der Waals surface area contributed by atoms with Crippen LogP contribution in [0.25, 0.3) is 0 Å². The van der Waals surface area contributed by atoms with Gasteiger partial charge in [-0.25, -0.2) is 4.79 Å². The number of carbonyl (C=O) groups is 1. The number of furan rings is 1. The van der Waals surface area contributed by atoms with Crippen LogP contribution in [0.1, 0.15) is 28.3 Å². The number of hydrogen-bond acceptors (Lipinski definition) is 5. The summed E-state index contributed by atoms with van der Waals surface area (Å²) in [6, 6.07) is 3.81. The molecule has 0 bridgehead atoms. The zero-order valence-corrected chi connectivity index (χ0v) is 11.2. The Hall–Kier alpha value is -1.84. The van der Waals surface area contributed by atoms with Crippen LogP contribution in [0.3, 0.4) is 0 Å². The van der Waals surface area contributed by atoms with E-state index in [1.807, 2.05) is 4.90 Å². The van der Waals surface area contributed by atoms with Crippen LogP contribution in [0.4, 0.5) is 0 Å². The van der Waals surface area contributed by atoms with Crippen molar-refractivity contribution in [2.45, 2.75) is 19.9 Å². The number of ether oxygens (including phenoxy) is 1. The molecule has 0 saturated heterocycles. The molecule has 1 aromatic rings. The molecule has 0 amide bonds. The van der Waals surface area contributed by atoms with Gasteiger partial charge < -0.3 is 14.3 Å². The van der Waals surface area contributed by atoms with Gasteiger partial charge in [0.05, 0.1) is 19.2 Å². The first-order valence-corrected chi connectivity index (χ1v) is 5.99. The Balaban J connectivity index is 2.69. The highest BCUT2D eigenvalue weighted by Crippen LogP contribution is 2.16. The minimum atomic E-state index is -1.07. The van der Waals surface area contributed by atoms with Gasteiger partial charge in [-0.2, -0.15) is 5.26 Å². The lowest BCUT2D eigenvalue weighted by atomic mass is 10.2. The lowest BCUT2D eigenvalue weighted by Gasteiger charge is -2.19.